The van der Waals surface area contributed by atoms with Crippen LogP contribution in [0.4, 0.5) is 11.4 Å². The molecule has 2 aromatic rings. The Morgan fingerprint density at radius 1 is 0.767 bits per heavy atom. The van der Waals surface area contributed by atoms with Crippen molar-refractivity contribution in [2.75, 3.05) is 30.3 Å². The first-order valence-electron chi connectivity index (χ1n) is 10.3. The van der Waals surface area contributed by atoms with E-state index in [2.05, 4.69) is 28.2 Å². The molecule has 3 amide bonds. The van der Waals surface area contributed by atoms with Gasteiger partial charge >= 0.3 is 0 Å². The number of carbonyl (C=O) groups is 3. The number of benzene rings is 2. The molecule has 0 saturated heterocycles. The number of anilines is 2. The third kappa shape index (κ3) is 7.58. The van der Waals surface area contributed by atoms with Crippen molar-refractivity contribution in [2.45, 2.75) is 33.1 Å². The highest BCUT2D eigenvalue weighted by Gasteiger charge is 2.08. The summed E-state index contributed by atoms with van der Waals surface area (Å²) in [5, 5.41) is 11.5. The summed E-state index contributed by atoms with van der Waals surface area (Å²) in [4.78, 5) is 36.3. The molecule has 7 heteroatoms. The minimum absolute atomic E-state index is 0.0638. The van der Waals surface area contributed by atoms with Gasteiger partial charge in [0.05, 0.1) is 6.54 Å². The summed E-state index contributed by atoms with van der Waals surface area (Å²) in [5.41, 5.74) is 2.38. The summed E-state index contributed by atoms with van der Waals surface area (Å²) in [7, 11) is 0. The lowest BCUT2D eigenvalue weighted by molar-refractivity contribution is -0.114. The maximum absolute atomic E-state index is 12.2. The minimum Gasteiger partial charge on any atom is -0.376 e. The molecule has 0 spiro atoms. The first-order valence-corrected chi connectivity index (χ1v) is 10.3. The first-order chi connectivity index (χ1) is 14.5. The second-order valence-corrected chi connectivity index (χ2v) is 6.93. The SMILES string of the molecule is CCCCNC(=O)c1cccc(NC(=O)CNc2ccc(C(=O)NCCC)cc2)c1. The molecule has 0 aliphatic rings. The van der Waals surface area contributed by atoms with Crippen molar-refractivity contribution in [3.8, 4) is 0 Å². The van der Waals surface area contributed by atoms with Crippen LogP contribution < -0.4 is 21.3 Å². The molecule has 0 heterocycles. The quantitative estimate of drug-likeness (QED) is 0.427. The summed E-state index contributed by atoms with van der Waals surface area (Å²) < 4.78 is 0. The van der Waals surface area contributed by atoms with E-state index >= 15 is 0 Å². The van der Waals surface area contributed by atoms with Crippen molar-refractivity contribution in [3.63, 3.8) is 0 Å². The summed E-state index contributed by atoms with van der Waals surface area (Å²) in [6, 6.07) is 13.8. The van der Waals surface area contributed by atoms with Crippen LogP contribution in [-0.2, 0) is 4.79 Å². The maximum atomic E-state index is 12.2. The Balaban J connectivity index is 1.84. The van der Waals surface area contributed by atoms with E-state index in [9.17, 15) is 14.4 Å². The van der Waals surface area contributed by atoms with Crippen LogP contribution >= 0.6 is 0 Å². The van der Waals surface area contributed by atoms with Crippen LogP contribution in [0.3, 0.4) is 0 Å². The summed E-state index contributed by atoms with van der Waals surface area (Å²) in [5.74, 6) is -0.496. The highest BCUT2D eigenvalue weighted by molar-refractivity contribution is 5.98. The number of nitrogens with one attached hydrogen (secondary N) is 4. The van der Waals surface area contributed by atoms with Gasteiger partial charge in [-0.05, 0) is 55.3 Å². The first kappa shape index (κ1) is 22.9. The van der Waals surface area contributed by atoms with Crippen molar-refractivity contribution in [1.82, 2.24) is 10.6 Å². The molecule has 30 heavy (non-hydrogen) atoms. The number of hydrogen-bond donors (Lipinski definition) is 4. The summed E-state index contributed by atoms with van der Waals surface area (Å²) in [6.07, 6.45) is 2.82. The van der Waals surface area contributed by atoms with Crippen LogP contribution in [0.25, 0.3) is 0 Å². The fourth-order valence-electron chi connectivity index (χ4n) is 2.69. The molecule has 0 atom stereocenters. The van der Waals surface area contributed by atoms with Crippen LogP contribution in [-0.4, -0.2) is 37.4 Å². The lowest BCUT2D eigenvalue weighted by atomic mass is 10.2. The van der Waals surface area contributed by atoms with E-state index < -0.39 is 0 Å². The molecule has 160 valence electrons. The van der Waals surface area contributed by atoms with E-state index in [-0.39, 0.29) is 24.3 Å². The normalized spacial score (nSPS) is 10.2. The molecule has 0 unspecified atom stereocenters. The number of hydrogen-bond acceptors (Lipinski definition) is 4. The molecule has 0 aliphatic carbocycles. The van der Waals surface area contributed by atoms with Gasteiger partial charge in [0.15, 0.2) is 0 Å². The smallest absolute Gasteiger partial charge is 0.251 e. The fourth-order valence-corrected chi connectivity index (χ4v) is 2.69. The van der Waals surface area contributed by atoms with Gasteiger partial charge in [0, 0.05) is 35.6 Å². The van der Waals surface area contributed by atoms with Gasteiger partial charge < -0.3 is 21.3 Å². The second-order valence-electron chi connectivity index (χ2n) is 6.93. The van der Waals surface area contributed by atoms with Gasteiger partial charge in [-0.2, -0.15) is 0 Å². The highest BCUT2D eigenvalue weighted by atomic mass is 16.2. The predicted octanol–water partition coefficient (Wildman–Crippen LogP) is 3.41. The van der Waals surface area contributed by atoms with E-state index in [1.165, 1.54) is 0 Å². The van der Waals surface area contributed by atoms with Crippen molar-refractivity contribution < 1.29 is 14.4 Å². The molecular formula is C23H30N4O3. The molecule has 0 radical (unpaired) electrons. The zero-order chi connectivity index (χ0) is 21.8. The van der Waals surface area contributed by atoms with Gasteiger partial charge in [-0.25, -0.2) is 0 Å². The van der Waals surface area contributed by atoms with Crippen molar-refractivity contribution in [2.24, 2.45) is 0 Å². The van der Waals surface area contributed by atoms with E-state index in [0.29, 0.717) is 29.9 Å². The van der Waals surface area contributed by atoms with E-state index in [0.717, 1.165) is 24.9 Å². The molecule has 0 aliphatic heterocycles. The highest BCUT2D eigenvalue weighted by Crippen LogP contribution is 2.12. The van der Waals surface area contributed by atoms with Crippen molar-refractivity contribution in [3.05, 3.63) is 59.7 Å². The van der Waals surface area contributed by atoms with Crippen LogP contribution in [0.15, 0.2) is 48.5 Å². The molecule has 2 aromatic carbocycles. The molecule has 0 fully saturated rings. The lowest BCUT2D eigenvalue weighted by Crippen LogP contribution is -2.25. The molecule has 2 rings (SSSR count). The molecule has 0 aromatic heterocycles. The third-order valence-electron chi connectivity index (χ3n) is 4.36. The monoisotopic (exact) mass is 410 g/mol. The Morgan fingerprint density at radius 2 is 1.47 bits per heavy atom. The van der Waals surface area contributed by atoms with Gasteiger partial charge in [0.1, 0.15) is 0 Å². The fraction of sp³-hybridized carbons (Fsp3) is 0.348. The largest absolute Gasteiger partial charge is 0.376 e. The predicted molar refractivity (Wildman–Crippen MR) is 120 cm³/mol. The summed E-state index contributed by atoms with van der Waals surface area (Å²) in [6.45, 7) is 5.40. The standard InChI is InChI=1S/C23H30N4O3/c1-3-5-14-25-23(30)18-7-6-8-20(15-18)27-21(28)16-26-19-11-9-17(10-12-19)22(29)24-13-4-2/h6-12,15,26H,3-5,13-14,16H2,1-2H3,(H,24,29)(H,25,30)(H,27,28). The van der Waals surface area contributed by atoms with Crippen LogP contribution in [0.2, 0.25) is 0 Å². The average molecular weight is 411 g/mol. The van der Waals surface area contributed by atoms with Gasteiger partial charge in [-0.1, -0.05) is 26.3 Å². The number of carbonyl (C=O) groups excluding carboxylic acids is 3. The topological polar surface area (TPSA) is 99.3 Å². The van der Waals surface area contributed by atoms with Crippen LogP contribution in [0.5, 0.6) is 0 Å². The van der Waals surface area contributed by atoms with Gasteiger partial charge in [-0.15, -0.1) is 0 Å². The minimum atomic E-state index is -0.233. The van der Waals surface area contributed by atoms with Gasteiger partial charge in [-0.3, -0.25) is 14.4 Å². The van der Waals surface area contributed by atoms with Crippen molar-refractivity contribution in [1.29, 1.82) is 0 Å². The Labute approximate surface area is 177 Å². The second kappa shape index (κ2) is 12.3. The Bertz CT molecular complexity index is 850. The molecule has 7 nitrogen and oxygen atoms in total. The van der Waals surface area contributed by atoms with E-state index in [4.69, 9.17) is 0 Å². The zero-order valence-electron chi connectivity index (χ0n) is 17.6. The lowest BCUT2D eigenvalue weighted by Gasteiger charge is -2.10. The third-order valence-corrected chi connectivity index (χ3v) is 4.36. The van der Waals surface area contributed by atoms with Crippen LogP contribution in [0.1, 0.15) is 53.8 Å². The van der Waals surface area contributed by atoms with E-state index in [1.807, 2.05) is 6.92 Å². The Hall–Kier alpha value is -3.35. The Kier molecular flexibility index (Phi) is 9.37. The maximum Gasteiger partial charge on any atom is 0.251 e. The Morgan fingerprint density at radius 3 is 2.17 bits per heavy atom. The molecule has 0 saturated carbocycles. The van der Waals surface area contributed by atoms with Gasteiger partial charge in [0.25, 0.3) is 11.8 Å². The number of amides is 3. The molecule has 4 N–H and O–H groups in total. The van der Waals surface area contributed by atoms with Crippen molar-refractivity contribution >= 4 is 29.1 Å². The molecule has 0 bridgehead atoms. The van der Waals surface area contributed by atoms with E-state index in [1.54, 1.807) is 48.5 Å². The average Bonchev–Trinajstić information content (AvgIpc) is 2.76. The number of rotatable bonds is 11. The summed E-state index contributed by atoms with van der Waals surface area (Å²) >= 11 is 0. The molecular weight excluding hydrogens is 380 g/mol. The zero-order valence-corrected chi connectivity index (χ0v) is 17.6. The van der Waals surface area contributed by atoms with Crippen LogP contribution in [0, 0.1) is 0 Å². The number of unbranched alkanes of at least 4 members (excludes halogenated alkanes) is 1. The van der Waals surface area contributed by atoms with Gasteiger partial charge in [0.2, 0.25) is 5.91 Å².